The summed E-state index contributed by atoms with van der Waals surface area (Å²) in [5.74, 6) is 0.393. The number of Topliss-reactive ketones (excluding diaryl/α,β-unsaturated/α-hetero) is 1. The number of hydrogen-bond donors (Lipinski definition) is 1. The fourth-order valence-corrected chi connectivity index (χ4v) is 2.92. The summed E-state index contributed by atoms with van der Waals surface area (Å²) in [5.41, 5.74) is 4.14. The second-order valence-electron chi connectivity index (χ2n) is 6.26. The molecule has 1 N–H and O–H groups in total. The molecule has 0 fully saturated rings. The topological polar surface area (TPSA) is 37.3 Å². The van der Waals surface area contributed by atoms with Gasteiger partial charge in [0.25, 0.3) is 0 Å². The molecule has 0 radical (unpaired) electrons. The Morgan fingerprint density at radius 1 is 1.00 bits per heavy atom. The highest BCUT2D eigenvalue weighted by atomic mass is 16.3. The average molecular weight is 310 g/mol. The van der Waals surface area contributed by atoms with Gasteiger partial charge in [-0.2, -0.15) is 0 Å². The standard InChI is InChI=1S/C21H26O2/c1-3-4-6-11-19-14-18(13-17-9-7-5-8-10-17)15-20(21(19)23)12-16(2)22/h5,7-10,14-15,23H,3-4,6,11-13H2,1-2H3. The van der Waals surface area contributed by atoms with Crippen molar-refractivity contribution in [3.8, 4) is 5.75 Å². The summed E-state index contributed by atoms with van der Waals surface area (Å²) in [6.45, 7) is 3.74. The van der Waals surface area contributed by atoms with Crippen LogP contribution < -0.4 is 0 Å². The minimum Gasteiger partial charge on any atom is -0.507 e. The number of ketones is 1. The van der Waals surface area contributed by atoms with E-state index in [9.17, 15) is 9.90 Å². The molecule has 2 aromatic carbocycles. The molecule has 2 heteroatoms. The molecule has 0 saturated carbocycles. The van der Waals surface area contributed by atoms with Gasteiger partial charge in [-0.3, -0.25) is 4.79 Å². The second kappa shape index (κ2) is 8.52. The number of rotatable bonds is 8. The first-order valence-electron chi connectivity index (χ1n) is 8.47. The van der Waals surface area contributed by atoms with Gasteiger partial charge in [-0.05, 0) is 42.9 Å². The SMILES string of the molecule is CCCCCc1cc(Cc2ccccc2)cc(CC(C)=O)c1O. The lowest BCUT2D eigenvalue weighted by molar-refractivity contribution is -0.116. The monoisotopic (exact) mass is 310 g/mol. The maximum atomic E-state index is 11.5. The molecule has 0 bridgehead atoms. The van der Waals surface area contributed by atoms with Gasteiger partial charge < -0.3 is 5.11 Å². The van der Waals surface area contributed by atoms with Crippen molar-refractivity contribution in [3.05, 3.63) is 64.7 Å². The largest absolute Gasteiger partial charge is 0.507 e. The third-order valence-corrected chi connectivity index (χ3v) is 4.07. The maximum Gasteiger partial charge on any atom is 0.134 e. The van der Waals surface area contributed by atoms with E-state index in [1.54, 1.807) is 6.92 Å². The zero-order valence-electron chi connectivity index (χ0n) is 14.1. The molecule has 0 aliphatic heterocycles. The first-order valence-corrected chi connectivity index (χ1v) is 8.47. The van der Waals surface area contributed by atoms with Crippen LogP contribution in [-0.2, 0) is 24.1 Å². The molecule has 0 heterocycles. The van der Waals surface area contributed by atoms with Crippen molar-refractivity contribution in [3.63, 3.8) is 0 Å². The molecule has 0 atom stereocenters. The maximum absolute atomic E-state index is 11.5. The highest BCUT2D eigenvalue weighted by Gasteiger charge is 2.12. The molecule has 0 aromatic heterocycles. The number of benzene rings is 2. The van der Waals surface area contributed by atoms with Crippen LogP contribution in [0.15, 0.2) is 42.5 Å². The summed E-state index contributed by atoms with van der Waals surface area (Å²) in [6, 6.07) is 14.4. The summed E-state index contributed by atoms with van der Waals surface area (Å²) in [6.07, 6.45) is 5.38. The van der Waals surface area contributed by atoms with Gasteiger partial charge in [0.15, 0.2) is 0 Å². The summed E-state index contributed by atoms with van der Waals surface area (Å²) >= 11 is 0. The normalized spacial score (nSPS) is 10.7. The predicted octanol–water partition coefficient (Wildman–Crippen LogP) is 4.85. The van der Waals surface area contributed by atoms with E-state index in [0.29, 0.717) is 12.2 Å². The molecule has 0 unspecified atom stereocenters. The zero-order chi connectivity index (χ0) is 16.7. The fraction of sp³-hybridized carbons (Fsp3) is 0.381. The molecular weight excluding hydrogens is 284 g/mol. The van der Waals surface area contributed by atoms with E-state index in [-0.39, 0.29) is 5.78 Å². The quantitative estimate of drug-likeness (QED) is 0.708. The number of hydrogen-bond acceptors (Lipinski definition) is 2. The van der Waals surface area contributed by atoms with Gasteiger partial charge in [0.05, 0.1) is 0 Å². The van der Waals surface area contributed by atoms with Crippen LogP contribution in [-0.4, -0.2) is 10.9 Å². The smallest absolute Gasteiger partial charge is 0.134 e. The van der Waals surface area contributed by atoms with E-state index in [1.165, 1.54) is 5.56 Å². The lowest BCUT2D eigenvalue weighted by Gasteiger charge is -2.13. The Morgan fingerprint density at radius 3 is 2.35 bits per heavy atom. The van der Waals surface area contributed by atoms with E-state index in [0.717, 1.165) is 48.8 Å². The minimum atomic E-state index is 0.0802. The van der Waals surface area contributed by atoms with Crippen LogP contribution in [0, 0.1) is 0 Å². The number of unbranched alkanes of at least 4 members (excludes halogenated alkanes) is 2. The van der Waals surface area contributed by atoms with Crippen molar-refractivity contribution in [1.82, 2.24) is 0 Å². The van der Waals surface area contributed by atoms with Gasteiger partial charge >= 0.3 is 0 Å². The van der Waals surface area contributed by atoms with E-state index < -0.39 is 0 Å². The molecule has 0 saturated heterocycles. The van der Waals surface area contributed by atoms with Gasteiger partial charge in [-0.1, -0.05) is 62.2 Å². The number of aromatic hydroxyl groups is 1. The van der Waals surface area contributed by atoms with Gasteiger partial charge in [-0.25, -0.2) is 0 Å². The van der Waals surface area contributed by atoms with E-state index in [2.05, 4.69) is 25.1 Å². The Morgan fingerprint density at radius 2 is 1.70 bits per heavy atom. The van der Waals surface area contributed by atoms with E-state index in [1.807, 2.05) is 24.3 Å². The highest BCUT2D eigenvalue weighted by Crippen LogP contribution is 2.28. The third kappa shape index (κ3) is 5.24. The molecule has 0 amide bonds. The average Bonchev–Trinajstić information content (AvgIpc) is 2.52. The molecule has 122 valence electrons. The Bertz CT molecular complexity index is 644. The number of carbonyl (C=O) groups is 1. The summed E-state index contributed by atoms with van der Waals surface area (Å²) in [7, 11) is 0. The Labute approximate surface area is 139 Å². The van der Waals surface area contributed by atoms with Crippen LogP contribution in [0.5, 0.6) is 5.75 Å². The van der Waals surface area contributed by atoms with E-state index in [4.69, 9.17) is 0 Å². The first kappa shape index (κ1) is 17.3. The van der Waals surface area contributed by atoms with Gasteiger partial charge in [0.1, 0.15) is 11.5 Å². The first-order chi connectivity index (χ1) is 11.1. The molecule has 2 aromatic rings. The number of phenols is 1. The van der Waals surface area contributed by atoms with Crippen molar-refractivity contribution >= 4 is 5.78 Å². The number of phenolic OH excluding ortho intramolecular Hbond substituents is 1. The van der Waals surface area contributed by atoms with Crippen LogP contribution in [0.3, 0.4) is 0 Å². The minimum absolute atomic E-state index is 0.0802. The molecule has 0 aliphatic carbocycles. The summed E-state index contributed by atoms with van der Waals surface area (Å²) < 4.78 is 0. The summed E-state index contributed by atoms with van der Waals surface area (Å²) in [5, 5.41) is 10.5. The van der Waals surface area contributed by atoms with Crippen LogP contribution in [0.4, 0.5) is 0 Å². The number of aryl methyl sites for hydroxylation is 1. The molecular formula is C21H26O2. The van der Waals surface area contributed by atoms with Crippen molar-refractivity contribution < 1.29 is 9.90 Å². The second-order valence-corrected chi connectivity index (χ2v) is 6.26. The number of carbonyl (C=O) groups excluding carboxylic acids is 1. The van der Waals surface area contributed by atoms with E-state index >= 15 is 0 Å². The predicted molar refractivity (Wildman–Crippen MR) is 95.0 cm³/mol. The molecule has 0 aliphatic rings. The van der Waals surface area contributed by atoms with Crippen molar-refractivity contribution in [2.24, 2.45) is 0 Å². The van der Waals surface area contributed by atoms with Crippen molar-refractivity contribution in [2.45, 2.75) is 52.4 Å². The van der Waals surface area contributed by atoms with Gasteiger partial charge in [-0.15, -0.1) is 0 Å². The van der Waals surface area contributed by atoms with Crippen LogP contribution in [0.2, 0.25) is 0 Å². The van der Waals surface area contributed by atoms with Crippen molar-refractivity contribution in [1.29, 1.82) is 0 Å². The molecule has 2 rings (SSSR count). The Balaban J connectivity index is 2.29. The van der Waals surface area contributed by atoms with Crippen LogP contribution in [0.25, 0.3) is 0 Å². The third-order valence-electron chi connectivity index (χ3n) is 4.07. The summed E-state index contributed by atoms with van der Waals surface area (Å²) in [4.78, 5) is 11.5. The highest BCUT2D eigenvalue weighted by molar-refractivity contribution is 5.79. The molecule has 0 spiro atoms. The Hall–Kier alpha value is -2.09. The van der Waals surface area contributed by atoms with Gasteiger partial charge in [0.2, 0.25) is 0 Å². The molecule has 2 nitrogen and oxygen atoms in total. The molecule has 23 heavy (non-hydrogen) atoms. The lowest BCUT2D eigenvalue weighted by Crippen LogP contribution is -2.01. The van der Waals surface area contributed by atoms with Gasteiger partial charge in [0, 0.05) is 12.0 Å². The Kier molecular flexibility index (Phi) is 6.40. The fourth-order valence-electron chi connectivity index (χ4n) is 2.92. The van der Waals surface area contributed by atoms with Crippen molar-refractivity contribution in [2.75, 3.05) is 0 Å². The van der Waals surface area contributed by atoms with Crippen LogP contribution >= 0.6 is 0 Å². The zero-order valence-corrected chi connectivity index (χ0v) is 14.1. The van der Waals surface area contributed by atoms with Crippen LogP contribution in [0.1, 0.15) is 55.4 Å². The lowest BCUT2D eigenvalue weighted by atomic mass is 9.94.